The Bertz CT molecular complexity index is 289. The molecule has 0 bridgehead atoms. The largest absolute Gasteiger partial charge is 0.467 e. The molecule has 0 aromatic carbocycles. The first kappa shape index (κ1) is 9.27. The Morgan fingerprint density at radius 1 is 1.71 bits per heavy atom. The zero-order chi connectivity index (χ0) is 9.80. The fourth-order valence-electron chi connectivity index (χ4n) is 1.62. The van der Waals surface area contributed by atoms with Gasteiger partial charge in [0.15, 0.2) is 0 Å². The van der Waals surface area contributed by atoms with Crippen LogP contribution in [0.1, 0.15) is 18.6 Å². The predicted octanol–water partition coefficient (Wildman–Crippen LogP) is 0.648. The summed E-state index contributed by atoms with van der Waals surface area (Å²) in [5.41, 5.74) is 0. The van der Waals surface area contributed by atoms with E-state index < -0.39 is 0 Å². The Hall–Kier alpha value is -1.29. The summed E-state index contributed by atoms with van der Waals surface area (Å²) in [5.74, 6) is 0.857. The van der Waals surface area contributed by atoms with Crippen molar-refractivity contribution in [3.05, 3.63) is 24.2 Å². The molecular formula is C10H14N2O2. The molecule has 0 saturated carbocycles. The van der Waals surface area contributed by atoms with Crippen LogP contribution in [0.2, 0.25) is 0 Å². The van der Waals surface area contributed by atoms with Gasteiger partial charge in [0, 0.05) is 0 Å². The smallest absolute Gasteiger partial charge is 0.237 e. The number of nitrogens with one attached hydrogen (secondary N) is 2. The summed E-state index contributed by atoms with van der Waals surface area (Å²) in [6, 6.07) is 3.66. The first-order chi connectivity index (χ1) is 6.86. The molecule has 1 atom stereocenters. The van der Waals surface area contributed by atoms with Crippen molar-refractivity contribution in [1.82, 2.24) is 10.6 Å². The van der Waals surface area contributed by atoms with Gasteiger partial charge in [-0.1, -0.05) is 0 Å². The van der Waals surface area contributed by atoms with E-state index in [2.05, 4.69) is 10.6 Å². The molecule has 2 rings (SSSR count). The SMILES string of the molecule is O=C(NCc1ccco1)[C@@H]1CCCN1. The molecule has 1 aliphatic rings. The zero-order valence-electron chi connectivity index (χ0n) is 7.95. The summed E-state index contributed by atoms with van der Waals surface area (Å²) < 4.78 is 5.11. The van der Waals surface area contributed by atoms with Crippen molar-refractivity contribution in [2.75, 3.05) is 6.54 Å². The number of rotatable bonds is 3. The van der Waals surface area contributed by atoms with Gasteiger partial charge in [0.1, 0.15) is 5.76 Å². The van der Waals surface area contributed by atoms with Crippen molar-refractivity contribution >= 4 is 5.91 Å². The van der Waals surface area contributed by atoms with Crippen LogP contribution in [0.5, 0.6) is 0 Å². The Morgan fingerprint density at radius 2 is 2.64 bits per heavy atom. The van der Waals surface area contributed by atoms with E-state index in [1.54, 1.807) is 6.26 Å². The van der Waals surface area contributed by atoms with E-state index in [0.29, 0.717) is 6.54 Å². The first-order valence-corrected chi connectivity index (χ1v) is 4.90. The fourth-order valence-corrected chi connectivity index (χ4v) is 1.62. The van der Waals surface area contributed by atoms with Gasteiger partial charge in [-0.25, -0.2) is 0 Å². The van der Waals surface area contributed by atoms with Crippen molar-refractivity contribution in [3.8, 4) is 0 Å². The molecule has 0 spiro atoms. The molecule has 1 aromatic heterocycles. The number of carbonyl (C=O) groups excluding carboxylic acids is 1. The summed E-state index contributed by atoms with van der Waals surface area (Å²) in [6.07, 6.45) is 3.62. The Kier molecular flexibility index (Phi) is 2.84. The average molecular weight is 194 g/mol. The molecule has 76 valence electrons. The van der Waals surface area contributed by atoms with Crippen molar-refractivity contribution in [3.63, 3.8) is 0 Å². The molecule has 0 unspecified atom stereocenters. The van der Waals surface area contributed by atoms with Gasteiger partial charge in [0.05, 0.1) is 18.8 Å². The van der Waals surface area contributed by atoms with Gasteiger partial charge < -0.3 is 15.1 Å². The summed E-state index contributed by atoms with van der Waals surface area (Å²) in [7, 11) is 0. The topological polar surface area (TPSA) is 54.3 Å². The number of hydrogen-bond acceptors (Lipinski definition) is 3. The number of amides is 1. The highest BCUT2D eigenvalue weighted by molar-refractivity contribution is 5.81. The second-order valence-electron chi connectivity index (χ2n) is 3.45. The third-order valence-electron chi connectivity index (χ3n) is 2.39. The van der Waals surface area contributed by atoms with E-state index in [1.807, 2.05) is 12.1 Å². The summed E-state index contributed by atoms with van der Waals surface area (Å²) in [4.78, 5) is 11.5. The van der Waals surface area contributed by atoms with E-state index in [1.165, 1.54) is 0 Å². The lowest BCUT2D eigenvalue weighted by atomic mass is 10.2. The molecule has 1 fully saturated rings. The molecule has 2 N–H and O–H groups in total. The van der Waals surface area contributed by atoms with Crippen LogP contribution < -0.4 is 10.6 Å². The lowest BCUT2D eigenvalue weighted by molar-refractivity contribution is -0.123. The van der Waals surface area contributed by atoms with Crippen LogP contribution in [0.15, 0.2) is 22.8 Å². The number of furan rings is 1. The van der Waals surface area contributed by atoms with Gasteiger partial charge >= 0.3 is 0 Å². The molecule has 14 heavy (non-hydrogen) atoms. The second kappa shape index (κ2) is 4.28. The maximum Gasteiger partial charge on any atom is 0.237 e. The van der Waals surface area contributed by atoms with Gasteiger partial charge in [0.2, 0.25) is 5.91 Å². The normalized spacial score (nSPS) is 21.0. The van der Waals surface area contributed by atoms with Gasteiger partial charge in [0.25, 0.3) is 0 Å². The van der Waals surface area contributed by atoms with Crippen molar-refractivity contribution in [2.45, 2.75) is 25.4 Å². The maximum atomic E-state index is 11.5. The van der Waals surface area contributed by atoms with Crippen LogP contribution in [0.4, 0.5) is 0 Å². The minimum atomic E-state index is -0.00929. The predicted molar refractivity (Wildman–Crippen MR) is 51.6 cm³/mol. The molecule has 1 saturated heterocycles. The summed E-state index contributed by atoms with van der Waals surface area (Å²) in [5, 5.41) is 5.98. The third-order valence-corrected chi connectivity index (χ3v) is 2.39. The minimum absolute atomic E-state index is 0.00929. The Morgan fingerprint density at radius 3 is 3.29 bits per heavy atom. The summed E-state index contributed by atoms with van der Waals surface area (Å²) in [6.45, 7) is 1.42. The highest BCUT2D eigenvalue weighted by atomic mass is 16.3. The van der Waals surface area contributed by atoms with Crippen molar-refractivity contribution < 1.29 is 9.21 Å². The maximum absolute atomic E-state index is 11.5. The van der Waals surface area contributed by atoms with E-state index in [-0.39, 0.29) is 11.9 Å². The highest BCUT2D eigenvalue weighted by Crippen LogP contribution is 2.05. The van der Waals surface area contributed by atoms with Gasteiger partial charge in [-0.2, -0.15) is 0 Å². The highest BCUT2D eigenvalue weighted by Gasteiger charge is 2.21. The van der Waals surface area contributed by atoms with Crippen LogP contribution in [0.25, 0.3) is 0 Å². The van der Waals surface area contributed by atoms with Crippen LogP contribution in [0, 0.1) is 0 Å². The first-order valence-electron chi connectivity index (χ1n) is 4.90. The van der Waals surface area contributed by atoms with Crippen LogP contribution >= 0.6 is 0 Å². The summed E-state index contributed by atoms with van der Waals surface area (Å²) >= 11 is 0. The molecular weight excluding hydrogens is 180 g/mol. The molecule has 4 heteroatoms. The fraction of sp³-hybridized carbons (Fsp3) is 0.500. The van der Waals surface area contributed by atoms with E-state index in [0.717, 1.165) is 25.1 Å². The van der Waals surface area contributed by atoms with Gasteiger partial charge in [-0.3, -0.25) is 4.79 Å². The number of hydrogen-bond donors (Lipinski definition) is 2. The Balaban J connectivity index is 1.77. The van der Waals surface area contributed by atoms with Gasteiger partial charge in [-0.05, 0) is 31.5 Å². The molecule has 0 aliphatic carbocycles. The second-order valence-corrected chi connectivity index (χ2v) is 3.45. The third kappa shape index (κ3) is 2.14. The quantitative estimate of drug-likeness (QED) is 0.742. The van der Waals surface area contributed by atoms with Crippen LogP contribution in [-0.4, -0.2) is 18.5 Å². The van der Waals surface area contributed by atoms with E-state index in [9.17, 15) is 4.79 Å². The Labute approximate surface area is 82.7 Å². The minimum Gasteiger partial charge on any atom is -0.467 e. The number of carbonyl (C=O) groups is 1. The lowest BCUT2D eigenvalue weighted by Gasteiger charge is -2.09. The van der Waals surface area contributed by atoms with Gasteiger partial charge in [-0.15, -0.1) is 0 Å². The molecule has 4 nitrogen and oxygen atoms in total. The standard InChI is InChI=1S/C10H14N2O2/c13-10(9-4-1-5-11-9)12-7-8-3-2-6-14-8/h2-3,6,9,11H,1,4-5,7H2,(H,12,13)/t9-/m0/s1. The molecule has 2 heterocycles. The molecule has 1 aliphatic heterocycles. The average Bonchev–Trinajstić information content (AvgIpc) is 2.87. The molecule has 1 amide bonds. The molecule has 1 aromatic rings. The lowest BCUT2D eigenvalue weighted by Crippen LogP contribution is -2.39. The van der Waals surface area contributed by atoms with E-state index >= 15 is 0 Å². The van der Waals surface area contributed by atoms with E-state index in [4.69, 9.17) is 4.42 Å². The molecule has 0 radical (unpaired) electrons. The monoisotopic (exact) mass is 194 g/mol. The van der Waals surface area contributed by atoms with Crippen LogP contribution in [0.3, 0.4) is 0 Å². The van der Waals surface area contributed by atoms with Crippen molar-refractivity contribution in [2.24, 2.45) is 0 Å². The van der Waals surface area contributed by atoms with Crippen molar-refractivity contribution in [1.29, 1.82) is 0 Å². The van der Waals surface area contributed by atoms with Crippen LogP contribution in [-0.2, 0) is 11.3 Å². The zero-order valence-corrected chi connectivity index (χ0v) is 7.95.